The van der Waals surface area contributed by atoms with E-state index >= 15 is 0 Å². The second-order valence-corrected chi connectivity index (χ2v) is 4.73. The summed E-state index contributed by atoms with van der Waals surface area (Å²) in [5.41, 5.74) is -0.108. The molecule has 2 atom stereocenters. The molecule has 2 N–H and O–H groups in total. The molecule has 1 aliphatic carbocycles. The van der Waals surface area contributed by atoms with Gasteiger partial charge in [0, 0.05) is 30.2 Å². The van der Waals surface area contributed by atoms with E-state index in [2.05, 4.69) is 5.32 Å². The highest BCUT2D eigenvalue weighted by molar-refractivity contribution is 5.94. The lowest BCUT2D eigenvalue weighted by molar-refractivity contribution is -0.134. The van der Waals surface area contributed by atoms with Crippen LogP contribution in [0, 0.1) is 5.41 Å². The Bertz CT molecular complexity index is 335. The molecular formula is C12H19NO4. The summed E-state index contributed by atoms with van der Waals surface area (Å²) >= 11 is 0. The van der Waals surface area contributed by atoms with Gasteiger partial charge in [-0.2, -0.15) is 0 Å². The van der Waals surface area contributed by atoms with E-state index in [9.17, 15) is 9.59 Å². The average molecular weight is 241 g/mol. The number of ether oxygens (including phenoxy) is 1. The summed E-state index contributed by atoms with van der Waals surface area (Å²) in [7, 11) is 0. The van der Waals surface area contributed by atoms with Gasteiger partial charge in [-0.1, -0.05) is 13.8 Å². The van der Waals surface area contributed by atoms with Crippen molar-refractivity contribution in [2.24, 2.45) is 5.41 Å². The van der Waals surface area contributed by atoms with E-state index in [4.69, 9.17) is 9.84 Å². The smallest absolute Gasteiger partial charge is 0.328 e. The zero-order chi connectivity index (χ0) is 13.1. The van der Waals surface area contributed by atoms with Gasteiger partial charge in [0.05, 0.1) is 6.10 Å². The van der Waals surface area contributed by atoms with Crippen LogP contribution in [0.3, 0.4) is 0 Å². The number of hydrogen-bond acceptors (Lipinski definition) is 3. The van der Waals surface area contributed by atoms with Crippen molar-refractivity contribution in [2.75, 3.05) is 6.61 Å². The highest BCUT2D eigenvalue weighted by atomic mass is 16.5. The van der Waals surface area contributed by atoms with E-state index in [1.807, 2.05) is 20.8 Å². The highest BCUT2D eigenvalue weighted by Gasteiger charge is 2.49. The first-order valence-electron chi connectivity index (χ1n) is 5.71. The van der Waals surface area contributed by atoms with Crippen molar-refractivity contribution < 1.29 is 19.4 Å². The molecule has 1 fully saturated rings. The molecule has 1 saturated carbocycles. The number of aliphatic carboxylic acids is 1. The van der Waals surface area contributed by atoms with Crippen LogP contribution in [0.15, 0.2) is 12.2 Å². The van der Waals surface area contributed by atoms with Crippen LogP contribution < -0.4 is 5.32 Å². The van der Waals surface area contributed by atoms with Gasteiger partial charge in [0.2, 0.25) is 5.91 Å². The maximum absolute atomic E-state index is 11.4. The fourth-order valence-corrected chi connectivity index (χ4v) is 1.98. The summed E-state index contributed by atoms with van der Waals surface area (Å²) in [5, 5.41) is 11.2. The predicted molar refractivity (Wildman–Crippen MR) is 62.5 cm³/mol. The Labute approximate surface area is 101 Å². The van der Waals surface area contributed by atoms with E-state index in [1.54, 1.807) is 0 Å². The molecule has 5 heteroatoms. The lowest BCUT2D eigenvalue weighted by Crippen LogP contribution is -2.61. The first-order chi connectivity index (χ1) is 7.87. The van der Waals surface area contributed by atoms with E-state index in [0.717, 1.165) is 18.6 Å². The van der Waals surface area contributed by atoms with Gasteiger partial charge < -0.3 is 15.2 Å². The molecule has 5 nitrogen and oxygen atoms in total. The third-order valence-electron chi connectivity index (χ3n) is 3.24. The maximum atomic E-state index is 11.4. The van der Waals surface area contributed by atoms with Crippen molar-refractivity contribution in [1.29, 1.82) is 0 Å². The Hall–Kier alpha value is -1.36. The van der Waals surface area contributed by atoms with Crippen LogP contribution in [-0.4, -0.2) is 35.7 Å². The van der Waals surface area contributed by atoms with Crippen LogP contribution in [0.2, 0.25) is 0 Å². The summed E-state index contributed by atoms with van der Waals surface area (Å²) < 4.78 is 5.54. The minimum atomic E-state index is -1.12. The molecule has 96 valence electrons. The standard InChI is InChI=1S/C12H19NO4/c1-4-17-9-7-8(12(9,2)3)13-10(14)5-6-11(15)16/h5-6,8-9H,4,7H2,1-3H3,(H,13,14)(H,15,16)/b6-5+. The number of rotatable bonds is 5. The minimum absolute atomic E-state index is 0.0324. The van der Waals surface area contributed by atoms with E-state index in [1.165, 1.54) is 0 Å². The Morgan fingerprint density at radius 2 is 2.12 bits per heavy atom. The van der Waals surface area contributed by atoms with E-state index < -0.39 is 5.97 Å². The molecule has 0 aromatic heterocycles. The van der Waals surface area contributed by atoms with Crippen LogP contribution in [0.1, 0.15) is 27.2 Å². The third-order valence-corrected chi connectivity index (χ3v) is 3.24. The summed E-state index contributed by atoms with van der Waals surface area (Å²) in [6, 6.07) is 0.0324. The normalized spacial score (nSPS) is 26.5. The van der Waals surface area contributed by atoms with Gasteiger partial charge in [-0.05, 0) is 13.3 Å². The molecular weight excluding hydrogens is 222 g/mol. The molecule has 17 heavy (non-hydrogen) atoms. The van der Waals surface area contributed by atoms with Crippen molar-refractivity contribution in [3.05, 3.63) is 12.2 Å². The molecule has 0 spiro atoms. The first kappa shape index (κ1) is 13.7. The fraction of sp³-hybridized carbons (Fsp3) is 0.667. The number of hydrogen-bond donors (Lipinski definition) is 2. The molecule has 0 saturated heterocycles. The topological polar surface area (TPSA) is 75.6 Å². The fourth-order valence-electron chi connectivity index (χ4n) is 1.98. The van der Waals surface area contributed by atoms with Crippen molar-refractivity contribution in [2.45, 2.75) is 39.3 Å². The average Bonchev–Trinajstić information content (AvgIpc) is 2.25. The predicted octanol–water partition coefficient (Wildman–Crippen LogP) is 0.947. The molecule has 0 radical (unpaired) electrons. The molecule has 1 amide bonds. The quantitative estimate of drug-likeness (QED) is 0.703. The SMILES string of the molecule is CCOC1CC(NC(=O)/C=C/C(=O)O)C1(C)C. The van der Waals surface area contributed by atoms with Crippen LogP contribution >= 0.6 is 0 Å². The van der Waals surface area contributed by atoms with Crippen molar-refractivity contribution in [3.63, 3.8) is 0 Å². The first-order valence-corrected chi connectivity index (χ1v) is 5.71. The van der Waals surface area contributed by atoms with Crippen LogP contribution in [-0.2, 0) is 14.3 Å². The van der Waals surface area contributed by atoms with Crippen LogP contribution in [0.5, 0.6) is 0 Å². The number of carboxylic acid groups (broad SMARTS) is 1. The second kappa shape index (κ2) is 5.31. The Morgan fingerprint density at radius 3 is 2.59 bits per heavy atom. The lowest BCUT2D eigenvalue weighted by Gasteiger charge is -2.51. The third kappa shape index (κ3) is 3.30. The van der Waals surface area contributed by atoms with Gasteiger partial charge in [-0.25, -0.2) is 4.79 Å². The summed E-state index contributed by atoms with van der Waals surface area (Å²) in [5.74, 6) is -1.50. The largest absolute Gasteiger partial charge is 0.478 e. The van der Waals surface area contributed by atoms with Gasteiger partial charge in [0.15, 0.2) is 0 Å². The molecule has 0 heterocycles. The number of carboxylic acids is 1. The number of carbonyl (C=O) groups excluding carboxylic acids is 1. The Morgan fingerprint density at radius 1 is 1.47 bits per heavy atom. The van der Waals surface area contributed by atoms with Gasteiger partial charge in [0.1, 0.15) is 0 Å². The van der Waals surface area contributed by atoms with E-state index in [0.29, 0.717) is 6.61 Å². The lowest BCUT2D eigenvalue weighted by atomic mass is 9.64. The number of nitrogens with one attached hydrogen (secondary N) is 1. The van der Waals surface area contributed by atoms with Crippen LogP contribution in [0.4, 0.5) is 0 Å². The molecule has 2 unspecified atom stereocenters. The number of carbonyl (C=O) groups is 2. The second-order valence-electron chi connectivity index (χ2n) is 4.73. The highest BCUT2D eigenvalue weighted by Crippen LogP contribution is 2.42. The number of amides is 1. The van der Waals surface area contributed by atoms with Crippen molar-refractivity contribution in [1.82, 2.24) is 5.32 Å². The summed E-state index contributed by atoms with van der Waals surface area (Å²) in [6.45, 7) is 6.66. The Kier molecular flexibility index (Phi) is 4.28. The van der Waals surface area contributed by atoms with E-state index in [-0.39, 0.29) is 23.5 Å². The molecule has 0 aromatic carbocycles. The zero-order valence-corrected chi connectivity index (χ0v) is 10.4. The van der Waals surface area contributed by atoms with Gasteiger partial charge in [-0.3, -0.25) is 4.79 Å². The molecule has 0 aliphatic heterocycles. The maximum Gasteiger partial charge on any atom is 0.328 e. The zero-order valence-electron chi connectivity index (χ0n) is 10.4. The Balaban J connectivity index is 2.45. The molecule has 0 aromatic rings. The van der Waals surface area contributed by atoms with Crippen molar-refractivity contribution in [3.8, 4) is 0 Å². The molecule has 0 bridgehead atoms. The molecule has 1 aliphatic rings. The van der Waals surface area contributed by atoms with Crippen molar-refractivity contribution >= 4 is 11.9 Å². The van der Waals surface area contributed by atoms with Gasteiger partial charge in [0.25, 0.3) is 0 Å². The summed E-state index contributed by atoms with van der Waals surface area (Å²) in [6.07, 6.45) is 2.79. The van der Waals surface area contributed by atoms with Gasteiger partial charge in [-0.15, -0.1) is 0 Å². The monoisotopic (exact) mass is 241 g/mol. The van der Waals surface area contributed by atoms with Crippen LogP contribution in [0.25, 0.3) is 0 Å². The molecule has 1 rings (SSSR count). The van der Waals surface area contributed by atoms with Gasteiger partial charge >= 0.3 is 5.97 Å². The summed E-state index contributed by atoms with van der Waals surface area (Å²) in [4.78, 5) is 21.7. The minimum Gasteiger partial charge on any atom is -0.478 e.